The second kappa shape index (κ2) is 43.7. The van der Waals surface area contributed by atoms with E-state index in [1.165, 1.54) is 107 Å². The molecule has 0 amide bonds. The average Bonchev–Trinajstić information content (AvgIpc) is 0.802. The van der Waals surface area contributed by atoms with E-state index < -0.39 is 45.6 Å². The molecule has 1 radical (unpaired) electrons. The van der Waals surface area contributed by atoms with Crippen LogP contribution in [-0.4, -0.2) is 62.2 Å². The Morgan fingerprint density at radius 3 is 0.471 bits per heavy atom. The van der Waals surface area contributed by atoms with E-state index in [1.807, 2.05) is 6.79 Å². The van der Waals surface area contributed by atoms with Gasteiger partial charge in [0.2, 0.25) is 0 Å². The number of carbonyl (C=O) groups excluding carboxylic acids is 1. The topological polar surface area (TPSA) is 17.1 Å². The molecule has 0 aliphatic heterocycles. The average molecular weight is 1540 g/mol. The zero-order valence-corrected chi connectivity index (χ0v) is 68.0. The minimum atomic E-state index is -1.53. The maximum Gasteiger partial charge on any atom is 2.00 e. The first kappa shape index (κ1) is 81.2. The molecule has 0 aliphatic carbocycles. The Bertz CT molecular complexity index is 3460. The first-order chi connectivity index (χ1) is 49.6. The molecule has 0 bridgehead atoms. The molecule has 0 spiro atoms. The van der Waals surface area contributed by atoms with Crippen molar-refractivity contribution in [1.82, 2.24) is 0 Å². The predicted octanol–water partition coefficient (Wildman–Crippen LogP) is 20.3. The molecule has 12 rings (SSSR count). The Kier molecular flexibility index (Phi) is 34.8. The molecular weight excluding hydrogens is 1430 g/mol. The van der Waals surface area contributed by atoms with Crippen molar-refractivity contribution >= 4 is 116 Å². The zero-order chi connectivity index (χ0) is 70.8. The summed E-state index contributed by atoms with van der Waals surface area (Å²) in [5, 5.41) is 18.3. The summed E-state index contributed by atoms with van der Waals surface area (Å²) in [6, 6.07) is 136. The normalized spacial score (nSPS) is 11.5. The van der Waals surface area contributed by atoms with Gasteiger partial charge in [0, 0.05) is 18.5 Å². The van der Waals surface area contributed by atoms with E-state index in [1.54, 1.807) is 31.8 Å². The summed E-state index contributed by atoms with van der Waals surface area (Å²) in [5.41, 5.74) is 0. The van der Waals surface area contributed by atoms with Crippen LogP contribution in [0.2, 0.25) is 0 Å². The first-order valence-corrected chi connectivity index (χ1v) is 47.5. The summed E-state index contributed by atoms with van der Waals surface area (Å²) in [4.78, 5) is 8.00. The van der Waals surface area contributed by atoms with E-state index in [2.05, 4.69) is 406 Å². The van der Waals surface area contributed by atoms with Crippen LogP contribution in [0.4, 0.5) is 0 Å². The van der Waals surface area contributed by atoms with Crippen LogP contribution in [0.1, 0.15) is 60.8 Å². The molecule has 12 aromatic rings. The molecule has 0 atom stereocenters. The summed E-state index contributed by atoms with van der Waals surface area (Å²) in [6.07, 6.45) is 15.1. The number of rotatable bonds is 30. The van der Waals surface area contributed by atoms with Gasteiger partial charge >= 0.3 is 19.5 Å². The van der Waals surface area contributed by atoms with Gasteiger partial charge in [-0.1, -0.05) is 333 Å². The molecule has 0 heterocycles. The van der Waals surface area contributed by atoms with E-state index in [4.69, 9.17) is 4.79 Å². The fourth-order valence-corrected chi connectivity index (χ4v) is 37.9. The van der Waals surface area contributed by atoms with Gasteiger partial charge in [-0.05, 0) is 165 Å². The second-order valence-electron chi connectivity index (χ2n) is 27.3. The minimum absolute atomic E-state index is 0. The molecule has 0 N–H and O–H groups in total. The Labute approximate surface area is 633 Å². The third-order valence-corrected chi connectivity index (χ3v) is 41.6. The van der Waals surface area contributed by atoms with Gasteiger partial charge in [0.05, 0.1) is 90.6 Å². The number of benzene rings is 12. The maximum atomic E-state index is 8.00. The fraction of sp³-hybridized carbons (Fsp3) is 0.223. The first-order valence-electron chi connectivity index (χ1n) is 36.4. The molecule has 12 aromatic carbocycles. The van der Waals surface area contributed by atoms with Gasteiger partial charge in [-0.15, -0.1) is 0 Å². The smallest absolute Gasteiger partial charge is 0.307 e. The van der Waals surface area contributed by atoms with Crippen molar-refractivity contribution in [3.05, 3.63) is 364 Å². The van der Waals surface area contributed by atoms with Crippen molar-refractivity contribution in [3.8, 4) is 0 Å². The molecule has 0 unspecified atom stereocenters. The zero-order valence-electron chi connectivity index (χ0n) is 61.0. The Hall–Kier alpha value is -6.49. The molecule has 0 fully saturated rings. The van der Waals surface area contributed by atoms with Crippen LogP contribution in [0.15, 0.2) is 364 Å². The van der Waals surface area contributed by atoms with Crippen LogP contribution in [0.5, 0.6) is 0 Å². The standard InChI is InChI=1S/3C31H35P2.CH2O.Rh/c3*1-27(2)23-25-33(30-19-11-5-12-20-30,31-21-13-6-14-22-31)26-24-32(28-15-7-3-8-16-28)29-17-9-4-10-18-29;1-2;/h3*3-22,27H,23-26H2,1-2H3;1H2;/q3*+1;;+2. The van der Waals surface area contributed by atoms with Crippen molar-refractivity contribution in [2.75, 3.05) is 55.5 Å². The van der Waals surface area contributed by atoms with Crippen LogP contribution >= 0.6 is 45.6 Å². The SMILES string of the molecule is C=O.CC(C)CC[P+](CCP(c1ccccc1)c1ccccc1)(c1ccccc1)c1ccccc1.CC(C)CC[P+](CCP(c1ccccc1)c1ccccc1)(c1ccccc1)c1ccccc1.CC(C)CC[P+](CCP(c1ccccc1)c1ccccc1)(c1ccccc1)c1ccccc1.[Rh+2]. The Morgan fingerprint density at radius 2 is 0.343 bits per heavy atom. The molecule has 8 heteroatoms. The third-order valence-electron chi connectivity index (χ3n) is 19.3. The van der Waals surface area contributed by atoms with Crippen molar-refractivity contribution in [2.24, 2.45) is 17.8 Å². The summed E-state index contributed by atoms with van der Waals surface area (Å²) >= 11 is 0. The van der Waals surface area contributed by atoms with Crippen LogP contribution in [0, 0.1) is 17.8 Å². The monoisotopic (exact) mass is 1540 g/mol. The van der Waals surface area contributed by atoms with Gasteiger partial charge in [-0.2, -0.15) is 0 Å². The largest absolute Gasteiger partial charge is 2.00 e. The van der Waals surface area contributed by atoms with Crippen molar-refractivity contribution in [2.45, 2.75) is 60.8 Å². The quantitative estimate of drug-likeness (QED) is 0.0324. The van der Waals surface area contributed by atoms with Gasteiger partial charge < -0.3 is 4.79 Å². The van der Waals surface area contributed by atoms with E-state index in [9.17, 15) is 0 Å². The predicted molar refractivity (Wildman–Crippen MR) is 464 cm³/mol. The third kappa shape index (κ3) is 23.3. The molecule has 0 saturated heterocycles. The number of hydrogen-bond donors (Lipinski definition) is 0. The number of carbonyl (C=O) groups is 1. The van der Waals surface area contributed by atoms with E-state index >= 15 is 0 Å². The van der Waals surface area contributed by atoms with Gasteiger partial charge in [0.25, 0.3) is 0 Å². The van der Waals surface area contributed by atoms with Gasteiger partial charge in [-0.3, -0.25) is 0 Å². The molecule has 0 aliphatic rings. The van der Waals surface area contributed by atoms with Crippen LogP contribution in [-0.2, 0) is 24.3 Å². The molecule has 0 aromatic heterocycles. The molecule has 102 heavy (non-hydrogen) atoms. The Morgan fingerprint density at radius 1 is 0.216 bits per heavy atom. The van der Waals surface area contributed by atoms with Gasteiger partial charge in [-0.25, -0.2) is 0 Å². The summed E-state index contributed by atoms with van der Waals surface area (Å²) in [7, 11) is -5.78. The van der Waals surface area contributed by atoms with E-state index in [-0.39, 0.29) is 19.5 Å². The van der Waals surface area contributed by atoms with E-state index in [0.717, 1.165) is 0 Å². The molecule has 0 saturated carbocycles. The van der Waals surface area contributed by atoms with Crippen molar-refractivity contribution in [1.29, 1.82) is 0 Å². The summed E-state index contributed by atoms with van der Waals surface area (Å²) in [5.74, 6) is 2.13. The van der Waals surface area contributed by atoms with Gasteiger partial charge in [0.15, 0.2) is 0 Å². The second-order valence-corrected chi connectivity index (χ2v) is 45.9. The van der Waals surface area contributed by atoms with Crippen LogP contribution < -0.4 is 63.7 Å². The van der Waals surface area contributed by atoms with Crippen molar-refractivity contribution < 1.29 is 24.3 Å². The maximum absolute atomic E-state index is 8.00. The van der Waals surface area contributed by atoms with Gasteiger partial charge in [0.1, 0.15) is 6.79 Å². The van der Waals surface area contributed by atoms with Crippen molar-refractivity contribution in [3.63, 3.8) is 0 Å². The Balaban J connectivity index is 0.000000191. The van der Waals surface area contributed by atoms with Crippen LogP contribution in [0.3, 0.4) is 0 Å². The molecule has 1 nitrogen and oxygen atoms in total. The van der Waals surface area contributed by atoms with E-state index in [0.29, 0.717) is 17.8 Å². The van der Waals surface area contributed by atoms with Crippen LogP contribution in [0.25, 0.3) is 0 Å². The molecule has 523 valence electrons. The summed E-state index contributed by atoms with van der Waals surface area (Å²) < 4.78 is 0. The molecular formula is C94H107OP6Rh+5. The summed E-state index contributed by atoms with van der Waals surface area (Å²) in [6.45, 7) is 16.2. The number of hydrogen-bond acceptors (Lipinski definition) is 1. The minimum Gasteiger partial charge on any atom is -0.307 e. The fourth-order valence-electron chi connectivity index (χ4n) is 13.7.